The number of ether oxygens (including phenoxy) is 1. The zero-order valence-corrected chi connectivity index (χ0v) is 17.0. The number of hydrogen-bond acceptors (Lipinski definition) is 5. The van der Waals surface area contributed by atoms with Crippen molar-refractivity contribution in [3.8, 4) is 0 Å². The predicted molar refractivity (Wildman–Crippen MR) is 110 cm³/mol. The molecule has 9 nitrogen and oxygen atoms in total. The van der Waals surface area contributed by atoms with Crippen LogP contribution >= 0.6 is 0 Å². The van der Waals surface area contributed by atoms with E-state index in [1.807, 2.05) is 22.0 Å². The fourth-order valence-electron chi connectivity index (χ4n) is 3.71. The Hall–Kier alpha value is -2.88. The number of carboxylic acid groups (broad SMARTS) is 1. The molecule has 1 aromatic carbocycles. The Kier molecular flexibility index (Phi) is 7.09. The van der Waals surface area contributed by atoms with Crippen molar-refractivity contribution in [1.29, 1.82) is 0 Å². The Bertz CT molecular complexity index is 804. The number of nitrogens with two attached hydrogens (primary N) is 1. The maximum absolute atomic E-state index is 14.8. The van der Waals surface area contributed by atoms with Gasteiger partial charge in [0, 0.05) is 38.2 Å². The summed E-state index contributed by atoms with van der Waals surface area (Å²) in [5, 5.41) is 10.5. The van der Waals surface area contributed by atoms with E-state index < -0.39 is 11.9 Å². The van der Waals surface area contributed by atoms with E-state index >= 15 is 0 Å². The monoisotopic (exact) mass is 421 g/mol. The summed E-state index contributed by atoms with van der Waals surface area (Å²) >= 11 is 0. The van der Waals surface area contributed by atoms with E-state index in [2.05, 4.69) is 4.99 Å². The Morgan fingerprint density at radius 1 is 1.30 bits per heavy atom. The molecule has 2 amide bonds. The van der Waals surface area contributed by atoms with Crippen molar-refractivity contribution in [3.05, 3.63) is 29.6 Å². The summed E-state index contributed by atoms with van der Waals surface area (Å²) in [5.41, 5.74) is 6.24. The minimum atomic E-state index is -1.32. The van der Waals surface area contributed by atoms with Crippen molar-refractivity contribution in [3.63, 3.8) is 0 Å². The van der Waals surface area contributed by atoms with Gasteiger partial charge in [0.05, 0.1) is 24.4 Å². The van der Waals surface area contributed by atoms with Crippen LogP contribution in [0, 0.1) is 5.82 Å². The number of rotatable bonds is 6. The van der Waals surface area contributed by atoms with E-state index in [1.54, 1.807) is 18.2 Å². The maximum atomic E-state index is 14.8. The highest BCUT2D eigenvalue weighted by atomic mass is 19.1. The molecule has 0 radical (unpaired) electrons. The number of nitrogens with zero attached hydrogens (tertiary/aromatic N) is 3. The first-order valence-corrected chi connectivity index (χ1v) is 10.1. The summed E-state index contributed by atoms with van der Waals surface area (Å²) in [6, 6.07) is 5.03. The molecule has 164 valence electrons. The number of nitrogens with one attached hydrogen (secondary N) is 1. The molecule has 3 rings (SSSR count). The molecule has 30 heavy (non-hydrogen) atoms. The molecule has 2 fully saturated rings. The lowest BCUT2D eigenvalue weighted by Crippen LogP contribution is -2.54. The Morgan fingerprint density at radius 2 is 2.00 bits per heavy atom. The van der Waals surface area contributed by atoms with Crippen molar-refractivity contribution in [1.82, 2.24) is 10.2 Å². The minimum Gasteiger partial charge on any atom is -0.465 e. The number of guanidine groups is 1. The van der Waals surface area contributed by atoms with Crippen LogP contribution in [0.1, 0.15) is 31.7 Å². The lowest BCUT2D eigenvalue weighted by molar-refractivity contribution is -0.134. The van der Waals surface area contributed by atoms with Crippen LogP contribution in [-0.2, 0) is 16.1 Å². The highest BCUT2D eigenvalue weighted by molar-refractivity contribution is 5.91. The van der Waals surface area contributed by atoms with Crippen LogP contribution in [0.3, 0.4) is 0 Å². The second-order valence-corrected chi connectivity index (χ2v) is 7.48. The zero-order chi connectivity index (χ0) is 21.7. The van der Waals surface area contributed by atoms with Gasteiger partial charge < -0.3 is 25.4 Å². The molecule has 0 bridgehead atoms. The summed E-state index contributed by atoms with van der Waals surface area (Å²) < 4.78 is 21.0. The summed E-state index contributed by atoms with van der Waals surface area (Å²) in [6.45, 7) is 4.46. The topological polar surface area (TPSA) is 120 Å². The fourth-order valence-corrected chi connectivity index (χ4v) is 3.71. The molecule has 0 spiro atoms. The summed E-state index contributed by atoms with van der Waals surface area (Å²) in [7, 11) is 0. The Balaban J connectivity index is 1.49. The molecule has 10 heteroatoms. The number of carbonyl (C=O) groups is 2. The van der Waals surface area contributed by atoms with Crippen LogP contribution in [-0.4, -0.2) is 66.4 Å². The molecule has 0 saturated carbocycles. The van der Waals surface area contributed by atoms with Crippen molar-refractivity contribution in [2.24, 2.45) is 10.7 Å². The van der Waals surface area contributed by atoms with Crippen molar-refractivity contribution in [2.45, 2.75) is 44.9 Å². The quantitative estimate of drug-likeness (QED) is 0.473. The first-order valence-electron chi connectivity index (χ1n) is 10.1. The number of halogens is 1. The van der Waals surface area contributed by atoms with Crippen LogP contribution in [0.15, 0.2) is 23.2 Å². The van der Waals surface area contributed by atoms with Gasteiger partial charge in [0.1, 0.15) is 0 Å². The van der Waals surface area contributed by atoms with Gasteiger partial charge in [-0.2, -0.15) is 0 Å². The summed E-state index contributed by atoms with van der Waals surface area (Å²) in [5.74, 6) is -0.492. The van der Waals surface area contributed by atoms with E-state index in [-0.39, 0.29) is 30.6 Å². The molecule has 2 saturated heterocycles. The van der Waals surface area contributed by atoms with Crippen LogP contribution in [0.4, 0.5) is 14.9 Å². The number of benzene rings is 1. The third kappa shape index (κ3) is 5.38. The number of piperidine rings is 1. The van der Waals surface area contributed by atoms with E-state index in [4.69, 9.17) is 15.6 Å². The zero-order valence-electron chi connectivity index (χ0n) is 17.0. The van der Waals surface area contributed by atoms with E-state index in [9.17, 15) is 14.0 Å². The first kappa shape index (κ1) is 21.8. The maximum Gasteiger partial charge on any atom is 0.411 e. The SMILES string of the molecule is CCC(=O)N1CCC(OC2CN(c3cccc(CN=C(N)NC(=O)O)c3F)C2)CC1. The number of likely N-dealkylation sites (tertiary alicyclic amines) is 1. The predicted octanol–water partition coefficient (Wildman–Crippen LogP) is 1.51. The Labute approximate surface area is 174 Å². The molecule has 4 N–H and O–H groups in total. The molecule has 0 unspecified atom stereocenters. The van der Waals surface area contributed by atoms with Crippen molar-refractivity contribution >= 4 is 23.6 Å². The second-order valence-electron chi connectivity index (χ2n) is 7.48. The second kappa shape index (κ2) is 9.75. The van der Waals surface area contributed by atoms with Crippen molar-refractivity contribution < 1.29 is 23.8 Å². The third-order valence-corrected chi connectivity index (χ3v) is 5.38. The van der Waals surface area contributed by atoms with Crippen LogP contribution < -0.4 is 16.0 Å². The highest BCUT2D eigenvalue weighted by Gasteiger charge is 2.33. The van der Waals surface area contributed by atoms with Crippen LogP contribution in [0.25, 0.3) is 0 Å². The molecule has 0 aromatic heterocycles. The van der Waals surface area contributed by atoms with Crippen LogP contribution in [0.2, 0.25) is 0 Å². The minimum absolute atomic E-state index is 0.0416. The molecular weight excluding hydrogens is 393 g/mol. The van der Waals surface area contributed by atoms with E-state index in [0.717, 1.165) is 25.9 Å². The van der Waals surface area contributed by atoms with E-state index in [1.165, 1.54) is 0 Å². The molecule has 1 aromatic rings. The average Bonchev–Trinajstić information content (AvgIpc) is 2.69. The van der Waals surface area contributed by atoms with Gasteiger partial charge in [-0.1, -0.05) is 19.1 Å². The summed E-state index contributed by atoms with van der Waals surface area (Å²) in [6.07, 6.45) is 1.04. The highest BCUT2D eigenvalue weighted by Crippen LogP contribution is 2.29. The number of anilines is 1. The summed E-state index contributed by atoms with van der Waals surface area (Å²) in [4.78, 5) is 29.9. The lowest BCUT2D eigenvalue weighted by atomic mass is 10.0. The fraction of sp³-hybridized carbons (Fsp3) is 0.550. The number of aliphatic imine (C=N–C) groups is 1. The largest absolute Gasteiger partial charge is 0.465 e. The standard InChI is InChI=1S/C20H28FN5O4/c1-2-17(27)25-8-6-14(7-9-25)30-15-11-26(12-15)16-5-3-4-13(18(16)21)10-23-19(22)24-20(28)29/h3-5,14-15H,2,6-12H2,1H3,(H,28,29)(H3,22,23,24). The molecule has 0 atom stereocenters. The van der Waals surface area contributed by atoms with E-state index in [0.29, 0.717) is 30.8 Å². The van der Waals surface area contributed by atoms with Gasteiger partial charge in [-0.25, -0.2) is 14.2 Å². The molecule has 2 heterocycles. The smallest absolute Gasteiger partial charge is 0.411 e. The van der Waals surface area contributed by atoms with Crippen molar-refractivity contribution in [2.75, 3.05) is 31.1 Å². The van der Waals surface area contributed by atoms with Gasteiger partial charge in [0.2, 0.25) is 5.91 Å². The number of hydrogen-bond donors (Lipinski definition) is 3. The third-order valence-electron chi connectivity index (χ3n) is 5.38. The molecule has 2 aliphatic heterocycles. The molecule has 0 aliphatic carbocycles. The van der Waals surface area contributed by atoms with Gasteiger partial charge in [-0.15, -0.1) is 0 Å². The normalized spacial score (nSPS) is 18.3. The van der Waals surface area contributed by atoms with Gasteiger partial charge in [0.15, 0.2) is 11.8 Å². The Morgan fingerprint density at radius 3 is 2.63 bits per heavy atom. The molecular formula is C20H28FN5O4. The lowest BCUT2D eigenvalue weighted by Gasteiger charge is -2.43. The number of carbonyl (C=O) groups excluding carboxylic acids is 1. The van der Waals surface area contributed by atoms with Gasteiger partial charge in [-0.05, 0) is 18.9 Å². The van der Waals surface area contributed by atoms with Crippen LogP contribution in [0.5, 0.6) is 0 Å². The van der Waals surface area contributed by atoms with Gasteiger partial charge in [0.25, 0.3) is 0 Å². The first-order chi connectivity index (χ1) is 14.4. The average molecular weight is 421 g/mol. The molecule has 2 aliphatic rings. The van der Waals surface area contributed by atoms with Gasteiger partial charge >= 0.3 is 6.09 Å². The number of amides is 2. The van der Waals surface area contributed by atoms with Gasteiger partial charge in [-0.3, -0.25) is 10.1 Å².